The molecule has 114 valence electrons. The SMILES string of the molecule is CCS(=O)(=O)CCn1nc(-c2ccccc2)c(CO)c1Cl. The molecular weight excluding hydrogens is 312 g/mol. The summed E-state index contributed by atoms with van der Waals surface area (Å²) in [5.74, 6) is 0.0638. The maximum Gasteiger partial charge on any atom is 0.151 e. The summed E-state index contributed by atoms with van der Waals surface area (Å²) in [5, 5.41) is 14.1. The van der Waals surface area contributed by atoms with Gasteiger partial charge < -0.3 is 5.11 Å². The van der Waals surface area contributed by atoms with Gasteiger partial charge in [0.1, 0.15) is 5.15 Å². The molecule has 0 bridgehead atoms. The molecular formula is C14H17ClN2O3S. The molecule has 0 saturated carbocycles. The third-order valence-electron chi connectivity index (χ3n) is 3.24. The molecule has 1 heterocycles. The van der Waals surface area contributed by atoms with Crippen molar-refractivity contribution in [3.8, 4) is 11.3 Å². The molecule has 2 aromatic rings. The van der Waals surface area contributed by atoms with Crippen LogP contribution in [0.1, 0.15) is 12.5 Å². The largest absolute Gasteiger partial charge is 0.391 e. The van der Waals surface area contributed by atoms with E-state index in [-0.39, 0.29) is 29.8 Å². The van der Waals surface area contributed by atoms with E-state index in [1.54, 1.807) is 6.92 Å². The molecule has 0 aliphatic rings. The van der Waals surface area contributed by atoms with Gasteiger partial charge in [-0.3, -0.25) is 4.68 Å². The molecule has 2 rings (SSSR count). The van der Waals surface area contributed by atoms with Crippen LogP contribution in [0.4, 0.5) is 0 Å². The van der Waals surface area contributed by atoms with Crippen LogP contribution in [0.15, 0.2) is 30.3 Å². The van der Waals surface area contributed by atoms with Gasteiger partial charge in [-0.1, -0.05) is 48.9 Å². The van der Waals surface area contributed by atoms with Crippen LogP contribution in [-0.2, 0) is 23.0 Å². The van der Waals surface area contributed by atoms with Crippen molar-refractivity contribution in [2.45, 2.75) is 20.1 Å². The molecule has 5 nitrogen and oxygen atoms in total. The lowest BCUT2D eigenvalue weighted by molar-refractivity contribution is 0.282. The Morgan fingerprint density at radius 3 is 2.52 bits per heavy atom. The van der Waals surface area contributed by atoms with E-state index >= 15 is 0 Å². The zero-order valence-electron chi connectivity index (χ0n) is 11.7. The summed E-state index contributed by atoms with van der Waals surface area (Å²) in [4.78, 5) is 0. The lowest BCUT2D eigenvalue weighted by Gasteiger charge is -2.03. The van der Waals surface area contributed by atoms with Crippen molar-refractivity contribution in [2.75, 3.05) is 11.5 Å². The van der Waals surface area contributed by atoms with Gasteiger partial charge in [0, 0.05) is 16.9 Å². The molecule has 0 amide bonds. The molecule has 0 spiro atoms. The minimum Gasteiger partial charge on any atom is -0.391 e. The fourth-order valence-corrected chi connectivity index (χ4v) is 2.98. The summed E-state index contributed by atoms with van der Waals surface area (Å²) in [6, 6.07) is 9.35. The van der Waals surface area contributed by atoms with E-state index in [0.29, 0.717) is 11.3 Å². The maximum atomic E-state index is 11.6. The molecule has 7 heteroatoms. The van der Waals surface area contributed by atoms with Gasteiger partial charge in [0.15, 0.2) is 9.84 Å². The number of aliphatic hydroxyl groups excluding tert-OH is 1. The first-order valence-electron chi connectivity index (χ1n) is 6.60. The Kier molecular flexibility index (Phi) is 5.03. The molecule has 1 N–H and O–H groups in total. The first kappa shape index (κ1) is 16.0. The Hall–Kier alpha value is -1.37. The number of aryl methyl sites for hydroxylation is 1. The monoisotopic (exact) mass is 328 g/mol. The van der Waals surface area contributed by atoms with Gasteiger partial charge in [-0.15, -0.1) is 0 Å². The smallest absolute Gasteiger partial charge is 0.151 e. The molecule has 0 atom stereocenters. The van der Waals surface area contributed by atoms with Crippen LogP contribution in [0, 0.1) is 0 Å². The minimum atomic E-state index is -3.09. The zero-order chi connectivity index (χ0) is 15.5. The molecule has 0 aliphatic heterocycles. The summed E-state index contributed by atoms with van der Waals surface area (Å²) in [6.45, 7) is 1.53. The van der Waals surface area contributed by atoms with Crippen LogP contribution in [0.5, 0.6) is 0 Å². The minimum absolute atomic E-state index is 0.0238. The normalized spacial score (nSPS) is 11.8. The summed E-state index contributed by atoms with van der Waals surface area (Å²) >= 11 is 6.20. The quantitative estimate of drug-likeness (QED) is 0.881. The van der Waals surface area contributed by atoms with Crippen LogP contribution in [-0.4, -0.2) is 34.8 Å². The number of rotatable bonds is 6. The predicted molar refractivity (Wildman–Crippen MR) is 82.9 cm³/mol. The van der Waals surface area contributed by atoms with E-state index < -0.39 is 9.84 Å². The average molecular weight is 329 g/mol. The highest BCUT2D eigenvalue weighted by atomic mass is 35.5. The third kappa shape index (κ3) is 3.64. The van der Waals surface area contributed by atoms with Crippen molar-refractivity contribution in [1.82, 2.24) is 9.78 Å². The second-order valence-electron chi connectivity index (χ2n) is 4.60. The van der Waals surface area contributed by atoms with Crippen molar-refractivity contribution in [2.24, 2.45) is 0 Å². The Morgan fingerprint density at radius 2 is 1.95 bits per heavy atom. The predicted octanol–water partition coefficient (Wildman–Crippen LogP) is 2.13. The van der Waals surface area contributed by atoms with Crippen LogP contribution in [0.25, 0.3) is 11.3 Å². The highest BCUT2D eigenvalue weighted by molar-refractivity contribution is 7.91. The van der Waals surface area contributed by atoms with E-state index in [9.17, 15) is 13.5 Å². The summed E-state index contributed by atoms with van der Waals surface area (Å²) in [6.07, 6.45) is 0. The van der Waals surface area contributed by atoms with Crippen molar-refractivity contribution in [1.29, 1.82) is 0 Å². The first-order valence-corrected chi connectivity index (χ1v) is 8.80. The average Bonchev–Trinajstić information content (AvgIpc) is 2.82. The van der Waals surface area contributed by atoms with Crippen LogP contribution in [0.2, 0.25) is 5.15 Å². The van der Waals surface area contributed by atoms with Gasteiger partial charge >= 0.3 is 0 Å². The highest BCUT2D eigenvalue weighted by Gasteiger charge is 2.18. The van der Waals surface area contributed by atoms with Crippen molar-refractivity contribution in [3.63, 3.8) is 0 Å². The Morgan fingerprint density at radius 1 is 1.29 bits per heavy atom. The van der Waals surface area contributed by atoms with E-state index in [1.165, 1.54) is 4.68 Å². The lowest BCUT2D eigenvalue weighted by atomic mass is 10.1. The molecule has 0 unspecified atom stereocenters. The molecule has 0 saturated heterocycles. The van der Waals surface area contributed by atoms with E-state index in [0.717, 1.165) is 5.56 Å². The number of sulfone groups is 1. The van der Waals surface area contributed by atoms with Gasteiger partial charge in [-0.05, 0) is 0 Å². The fourth-order valence-electron chi connectivity index (χ4n) is 1.96. The van der Waals surface area contributed by atoms with Gasteiger partial charge in [0.25, 0.3) is 0 Å². The first-order chi connectivity index (χ1) is 9.98. The zero-order valence-corrected chi connectivity index (χ0v) is 13.2. The summed E-state index contributed by atoms with van der Waals surface area (Å²) in [5.41, 5.74) is 1.93. The number of benzene rings is 1. The van der Waals surface area contributed by atoms with Crippen LogP contribution in [0.3, 0.4) is 0 Å². The van der Waals surface area contributed by atoms with Crippen molar-refractivity contribution >= 4 is 21.4 Å². The highest BCUT2D eigenvalue weighted by Crippen LogP contribution is 2.28. The summed E-state index contributed by atoms with van der Waals surface area (Å²) < 4.78 is 24.6. The molecule has 0 fully saturated rings. The van der Waals surface area contributed by atoms with E-state index in [4.69, 9.17) is 11.6 Å². The van der Waals surface area contributed by atoms with E-state index in [1.807, 2.05) is 30.3 Å². The number of aromatic nitrogens is 2. The summed E-state index contributed by atoms with van der Waals surface area (Å²) in [7, 11) is -3.09. The molecule has 0 aliphatic carbocycles. The van der Waals surface area contributed by atoms with Crippen LogP contribution < -0.4 is 0 Å². The van der Waals surface area contributed by atoms with Gasteiger partial charge in [0.2, 0.25) is 0 Å². The molecule has 1 aromatic carbocycles. The topological polar surface area (TPSA) is 72.2 Å². The second kappa shape index (κ2) is 6.60. The van der Waals surface area contributed by atoms with Crippen molar-refractivity contribution in [3.05, 3.63) is 41.0 Å². The molecule has 21 heavy (non-hydrogen) atoms. The fraction of sp³-hybridized carbons (Fsp3) is 0.357. The number of hydrogen-bond acceptors (Lipinski definition) is 4. The number of halogens is 1. The third-order valence-corrected chi connectivity index (χ3v) is 5.35. The standard InChI is InChI=1S/C14H17ClN2O3S/c1-2-21(19,20)9-8-17-14(15)12(10-18)13(16-17)11-6-4-3-5-7-11/h3-7,18H,2,8-10H2,1H3. The maximum absolute atomic E-state index is 11.6. The van der Waals surface area contributed by atoms with Gasteiger partial charge in [-0.25, -0.2) is 8.42 Å². The molecule has 1 aromatic heterocycles. The Balaban J connectivity index is 2.35. The second-order valence-corrected chi connectivity index (χ2v) is 7.43. The van der Waals surface area contributed by atoms with Crippen LogP contribution >= 0.6 is 11.6 Å². The van der Waals surface area contributed by atoms with E-state index in [2.05, 4.69) is 5.10 Å². The van der Waals surface area contributed by atoms with Gasteiger partial charge in [-0.2, -0.15) is 5.10 Å². The van der Waals surface area contributed by atoms with Gasteiger partial charge in [0.05, 0.1) is 24.6 Å². The lowest BCUT2D eigenvalue weighted by Crippen LogP contribution is -2.15. The number of hydrogen-bond donors (Lipinski definition) is 1. The Bertz CT molecular complexity index is 711. The number of nitrogens with zero attached hydrogens (tertiary/aromatic N) is 2. The number of aliphatic hydroxyl groups is 1. The Labute approximate surface area is 129 Å². The molecule has 0 radical (unpaired) electrons. The van der Waals surface area contributed by atoms with Crippen molar-refractivity contribution < 1.29 is 13.5 Å².